The predicted molar refractivity (Wildman–Crippen MR) is 59.0 cm³/mol. The first-order valence-electron chi connectivity index (χ1n) is 3.65. The van der Waals surface area contributed by atoms with Gasteiger partial charge in [-0.25, -0.2) is 0 Å². The highest BCUT2D eigenvalue weighted by Gasteiger charge is 2.25. The maximum atomic E-state index is 11.0. The molecule has 1 aromatic rings. The monoisotopic (exact) mass is 317 g/mol. The van der Waals surface area contributed by atoms with Crippen LogP contribution in [0.2, 0.25) is 0 Å². The van der Waals surface area contributed by atoms with Gasteiger partial charge in [-0.2, -0.15) is 5.26 Å². The molecule has 0 aliphatic rings. The Bertz CT molecular complexity index is 493. The molecule has 0 unspecified atom stereocenters. The molecule has 0 bridgehead atoms. The molecule has 76 valence electrons. The summed E-state index contributed by atoms with van der Waals surface area (Å²) in [6.45, 7) is 0. The van der Waals surface area contributed by atoms with E-state index in [-0.39, 0.29) is 14.7 Å². The lowest BCUT2D eigenvalue weighted by Gasteiger charge is -2.02. The highest BCUT2D eigenvalue weighted by atomic mass is 127. The fourth-order valence-electron chi connectivity index (χ4n) is 1.09. The van der Waals surface area contributed by atoms with Gasteiger partial charge in [-0.05, 0) is 34.7 Å². The predicted octanol–water partition coefficient (Wildman–Crippen LogP) is 1.17. The number of rotatable bonds is 2. The summed E-state index contributed by atoms with van der Waals surface area (Å²) in [5.74, 6) is -0.975. The van der Waals surface area contributed by atoms with Gasteiger partial charge in [0.2, 0.25) is 0 Å². The first-order valence-corrected chi connectivity index (χ1v) is 4.73. The van der Waals surface area contributed by atoms with Crippen LogP contribution < -0.4 is 5.73 Å². The van der Waals surface area contributed by atoms with Crippen molar-refractivity contribution in [1.82, 2.24) is 0 Å². The number of hydrogen-bond acceptors (Lipinski definition) is 4. The lowest BCUT2D eigenvalue weighted by atomic mass is 10.1. The highest BCUT2D eigenvalue weighted by Crippen LogP contribution is 2.27. The molecule has 0 aromatic heterocycles. The van der Waals surface area contributed by atoms with E-state index in [0.29, 0.717) is 0 Å². The summed E-state index contributed by atoms with van der Waals surface area (Å²) in [7, 11) is 0. The molecule has 0 fully saturated rings. The molecule has 0 heterocycles. The molecule has 1 rings (SSSR count). The van der Waals surface area contributed by atoms with E-state index in [9.17, 15) is 14.9 Å². The van der Waals surface area contributed by atoms with Gasteiger partial charge in [0.25, 0.3) is 11.6 Å². The SMILES string of the molecule is N#Cc1ccc(I)c([N+](=O)[O-])c1C(N)=O. The first-order chi connectivity index (χ1) is 6.99. The number of nitrogens with two attached hydrogens (primary N) is 1. The third kappa shape index (κ3) is 2.04. The van der Waals surface area contributed by atoms with Gasteiger partial charge >= 0.3 is 0 Å². The van der Waals surface area contributed by atoms with Crippen LogP contribution in [0.4, 0.5) is 5.69 Å². The molecular formula is C8H4IN3O3. The number of primary amides is 1. The number of halogens is 1. The van der Waals surface area contributed by atoms with Crippen molar-refractivity contribution in [3.63, 3.8) is 0 Å². The minimum Gasteiger partial charge on any atom is -0.365 e. The van der Waals surface area contributed by atoms with Gasteiger partial charge in [0, 0.05) is 0 Å². The van der Waals surface area contributed by atoms with Crippen LogP contribution >= 0.6 is 22.6 Å². The van der Waals surface area contributed by atoms with Crippen molar-refractivity contribution >= 4 is 34.2 Å². The Kier molecular flexibility index (Phi) is 3.21. The van der Waals surface area contributed by atoms with Gasteiger partial charge in [-0.3, -0.25) is 14.9 Å². The molecule has 0 saturated heterocycles. The van der Waals surface area contributed by atoms with Crippen molar-refractivity contribution < 1.29 is 9.72 Å². The third-order valence-corrected chi connectivity index (χ3v) is 2.55. The van der Waals surface area contributed by atoms with Crippen molar-refractivity contribution in [1.29, 1.82) is 5.26 Å². The molecule has 7 heteroatoms. The van der Waals surface area contributed by atoms with Gasteiger partial charge < -0.3 is 5.73 Å². The average Bonchev–Trinajstić information content (AvgIpc) is 2.16. The standard InChI is InChI=1S/C8H4IN3O3/c9-5-2-1-4(3-10)6(8(11)13)7(5)12(14)15/h1-2H,(H2,11,13). The molecular weight excluding hydrogens is 313 g/mol. The Morgan fingerprint density at radius 1 is 1.60 bits per heavy atom. The van der Waals surface area contributed by atoms with Crippen molar-refractivity contribution in [3.05, 3.63) is 36.9 Å². The van der Waals surface area contributed by atoms with Gasteiger partial charge in [0.05, 0.1) is 14.1 Å². The second-order valence-electron chi connectivity index (χ2n) is 2.55. The smallest absolute Gasteiger partial charge is 0.296 e. The van der Waals surface area contributed by atoms with E-state index in [1.54, 1.807) is 28.7 Å². The molecule has 0 aliphatic heterocycles. The van der Waals surface area contributed by atoms with Crippen LogP contribution in [-0.4, -0.2) is 10.8 Å². The number of benzene rings is 1. The Morgan fingerprint density at radius 3 is 2.60 bits per heavy atom. The second-order valence-corrected chi connectivity index (χ2v) is 3.71. The number of nitro groups is 1. The second kappa shape index (κ2) is 4.22. The van der Waals surface area contributed by atoms with Crippen molar-refractivity contribution in [3.8, 4) is 6.07 Å². The zero-order valence-corrected chi connectivity index (χ0v) is 9.39. The zero-order chi connectivity index (χ0) is 11.6. The number of carbonyl (C=O) groups excluding carboxylic acids is 1. The van der Waals surface area contributed by atoms with Crippen molar-refractivity contribution in [2.24, 2.45) is 5.73 Å². The van der Waals surface area contributed by atoms with Gasteiger partial charge in [-0.1, -0.05) is 0 Å². The highest BCUT2D eigenvalue weighted by molar-refractivity contribution is 14.1. The molecule has 0 atom stereocenters. The fourth-order valence-corrected chi connectivity index (χ4v) is 1.73. The largest absolute Gasteiger partial charge is 0.365 e. The van der Waals surface area contributed by atoms with Crippen LogP contribution in [0.5, 0.6) is 0 Å². The maximum Gasteiger partial charge on any atom is 0.296 e. The van der Waals surface area contributed by atoms with E-state index >= 15 is 0 Å². The summed E-state index contributed by atoms with van der Waals surface area (Å²) < 4.78 is 0.269. The van der Waals surface area contributed by atoms with Crippen LogP contribution in [-0.2, 0) is 0 Å². The zero-order valence-electron chi connectivity index (χ0n) is 7.23. The lowest BCUT2D eigenvalue weighted by Crippen LogP contribution is -2.16. The van der Waals surface area contributed by atoms with Crippen molar-refractivity contribution in [2.45, 2.75) is 0 Å². The van der Waals surface area contributed by atoms with E-state index in [2.05, 4.69) is 0 Å². The third-order valence-electron chi connectivity index (χ3n) is 1.68. The van der Waals surface area contributed by atoms with Gasteiger partial charge in [0.1, 0.15) is 11.6 Å². The molecule has 2 N–H and O–H groups in total. The summed E-state index contributed by atoms with van der Waals surface area (Å²) in [5, 5.41) is 19.4. The molecule has 15 heavy (non-hydrogen) atoms. The molecule has 1 aromatic carbocycles. The first kappa shape index (κ1) is 11.4. The lowest BCUT2D eigenvalue weighted by molar-refractivity contribution is -0.386. The van der Waals surface area contributed by atoms with Crippen LogP contribution in [0, 0.1) is 25.0 Å². The van der Waals surface area contributed by atoms with Crippen molar-refractivity contribution in [2.75, 3.05) is 0 Å². The summed E-state index contributed by atoms with van der Waals surface area (Å²) in [6, 6.07) is 4.41. The van der Waals surface area contributed by atoms with E-state index in [4.69, 9.17) is 11.0 Å². The number of nitriles is 1. The minimum absolute atomic E-state index is 0.0883. The van der Waals surface area contributed by atoms with Crippen LogP contribution in [0.1, 0.15) is 15.9 Å². The van der Waals surface area contributed by atoms with Crippen LogP contribution in [0.25, 0.3) is 0 Å². The Hall–Kier alpha value is -1.69. The maximum absolute atomic E-state index is 11.0. The normalized spacial score (nSPS) is 9.33. The number of carbonyl (C=O) groups is 1. The number of nitro benzene ring substituents is 1. The number of hydrogen-bond donors (Lipinski definition) is 1. The van der Waals surface area contributed by atoms with E-state index in [1.165, 1.54) is 12.1 Å². The van der Waals surface area contributed by atoms with Gasteiger partial charge in [-0.15, -0.1) is 0 Å². The van der Waals surface area contributed by atoms with Crippen LogP contribution in [0.3, 0.4) is 0 Å². The summed E-state index contributed by atoms with van der Waals surface area (Å²) in [4.78, 5) is 21.0. The minimum atomic E-state index is -0.975. The topological polar surface area (TPSA) is 110 Å². The Morgan fingerprint density at radius 2 is 2.20 bits per heavy atom. The Balaban J connectivity index is 3.68. The summed E-state index contributed by atoms with van der Waals surface area (Å²) >= 11 is 1.71. The Labute approximate surface area is 98.0 Å². The molecule has 0 saturated carbocycles. The molecule has 0 radical (unpaired) electrons. The summed E-state index contributed by atoms with van der Waals surface area (Å²) in [5.41, 5.74) is 4.16. The van der Waals surface area contributed by atoms with Gasteiger partial charge in [0.15, 0.2) is 0 Å². The molecule has 1 amide bonds. The summed E-state index contributed by atoms with van der Waals surface area (Å²) in [6.07, 6.45) is 0. The molecule has 6 nitrogen and oxygen atoms in total. The quantitative estimate of drug-likeness (QED) is 0.501. The fraction of sp³-hybridized carbons (Fsp3) is 0. The van der Waals surface area contributed by atoms with E-state index in [1.807, 2.05) is 0 Å². The van der Waals surface area contributed by atoms with Crippen LogP contribution in [0.15, 0.2) is 12.1 Å². The molecule has 0 aliphatic carbocycles. The number of amides is 1. The number of nitrogens with zero attached hydrogens (tertiary/aromatic N) is 2. The molecule has 0 spiro atoms. The average molecular weight is 317 g/mol. The van der Waals surface area contributed by atoms with E-state index < -0.39 is 16.5 Å². The van der Waals surface area contributed by atoms with E-state index in [0.717, 1.165) is 0 Å².